The van der Waals surface area contributed by atoms with Crippen LogP contribution >= 0.6 is 0 Å². The van der Waals surface area contributed by atoms with Crippen LogP contribution in [0.4, 0.5) is 11.4 Å². The standard InChI is InChI=1S/C20H20N2O8/c1-26-15-7-6-12(9-14(15)21-18(23)16-5-4-8-30-16)22-11-29-10-13(19(24)27-2)17(22)20(25)28-3/h4-9H,10-11H2,1-3H3,(H,21,23). The van der Waals surface area contributed by atoms with Crippen LogP contribution in [0.25, 0.3) is 0 Å². The van der Waals surface area contributed by atoms with Gasteiger partial charge in [0.1, 0.15) is 18.2 Å². The van der Waals surface area contributed by atoms with E-state index in [4.69, 9.17) is 23.4 Å². The molecule has 1 aromatic heterocycles. The van der Waals surface area contributed by atoms with Crippen LogP contribution in [0.5, 0.6) is 5.75 Å². The summed E-state index contributed by atoms with van der Waals surface area (Å²) in [5.41, 5.74) is 0.787. The average Bonchev–Trinajstić information content (AvgIpc) is 3.32. The number of rotatable bonds is 6. The molecule has 0 radical (unpaired) electrons. The number of methoxy groups -OCH3 is 3. The monoisotopic (exact) mass is 416 g/mol. The molecular formula is C20H20N2O8. The quantitative estimate of drug-likeness (QED) is 0.705. The predicted octanol–water partition coefficient (Wildman–Crippen LogP) is 1.93. The Balaban J connectivity index is 2.02. The van der Waals surface area contributed by atoms with Gasteiger partial charge in [-0.3, -0.25) is 4.79 Å². The first kappa shape index (κ1) is 20.9. The van der Waals surface area contributed by atoms with Crippen molar-refractivity contribution in [2.45, 2.75) is 0 Å². The van der Waals surface area contributed by atoms with E-state index in [1.165, 1.54) is 38.6 Å². The largest absolute Gasteiger partial charge is 0.495 e. The minimum atomic E-state index is -0.726. The molecule has 10 nitrogen and oxygen atoms in total. The molecule has 2 aromatic rings. The highest BCUT2D eigenvalue weighted by Crippen LogP contribution is 2.33. The number of amides is 1. The highest BCUT2D eigenvalue weighted by Gasteiger charge is 2.32. The third-order valence-electron chi connectivity index (χ3n) is 4.32. The van der Waals surface area contributed by atoms with E-state index in [1.54, 1.807) is 24.3 Å². The van der Waals surface area contributed by atoms with Crippen molar-refractivity contribution in [3.05, 3.63) is 53.6 Å². The number of benzene rings is 1. The molecule has 3 rings (SSSR count). The fraction of sp³-hybridized carbons (Fsp3) is 0.250. The topological polar surface area (TPSA) is 117 Å². The number of anilines is 2. The normalized spacial score (nSPS) is 13.6. The summed E-state index contributed by atoms with van der Waals surface area (Å²) in [6, 6.07) is 7.94. The van der Waals surface area contributed by atoms with E-state index in [-0.39, 0.29) is 30.4 Å². The summed E-state index contributed by atoms with van der Waals surface area (Å²) in [6.45, 7) is -0.130. The first-order valence-corrected chi connectivity index (χ1v) is 8.78. The Morgan fingerprint density at radius 3 is 2.47 bits per heavy atom. The molecule has 10 heteroatoms. The first-order valence-electron chi connectivity index (χ1n) is 8.78. The van der Waals surface area contributed by atoms with Crippen LogP contribution in [0.1, 0.15) is 10.6 Å². The lowest BCUT2D eigenvalue weighted by Gasteiger charge is -2.31. The minimum Gasteiger partial charge on any atom is -0.495 e. The van der Waals surface area contributed by atoms with Gasteiger partial charge in [-0.2, -0.15) is 0 Å². The number of carbonyl (C=O) groups excluding carboxylic acids is 3. The number of ether oxygens (including phenoxy) is 4. The smallest absolute Gasteiger partial charge is 0.355 e. The van der Waals surface area contributed by atoms with Gasteiger partial charge in [-0.1, -0.05) is 0 Å². The summed E-state index contributed by atoms with van der Waals surface area (Å²) in [7, 11) is 3.87. The molecule has 0 aliphatic carbocycles. The molecule has 0 saturated heterocycles. The fourth-order valence-electron chi connectivity index (χ4n) is 2.90. The molecule has 0 spiro atoms. The first-order chi connectivity index (χ1) is 14.5. The predicted molar refractivity (Wildman–Crippen MR) is 104 cm³/mol. The molecule has 0 atom stereocenters. The lowest BCUT2D eigenvalue weighted by molar-refractivity contribution is -0.140. The Morgan fingerprint density at radius 1 is 1.07 bits per heavy atom. The van der Waals surface area contributed by atoms with Crippen molar-refractivity contribution >= 4 is 29.2 Å². The Kier molecular flexibility index (Phi) is 6.38. The molecule has 1 aliphatic rings. The maximum Gasteiger partial charge on any atom is 0.355 e. The van der Waals surface area contributed by atoms with Gasteiger partial charge >= 0.3 is 11.9 Å². The fourth-order valence-corrected chi connectivity index (χ4v) is 2.90. The average molecular weight is 416 g/mol. The highest BCUT2D eigenvalue weighted by molar-refractivity contribution is 6.05. The van der Waals surface area contributed by atoms with E-state index in [0.717, 1.165) is 0 Å². The number of nitrogens with one attached hydrogen (secondary N) is 1. The number of nitrogens with zero attached hydrogens (tertiary/aromatic N) is 1. The van der Waals surface area contributed by atoms with Crippen molar-refractivity contribution in [1.82, 2.24) is 0 Å². The van der Waals surface area contributed by atoms with Gasteiger partial charge in [0, 0.05) is 5.69 Å². The molecule has 30 heavy (non-hydrogen) atoms. The molecule has 1 N–H and O–H groups in total. The van der Waals surface area contributed by atoms with Crippen LogP contribution in [0.2, 0.25) is 0 Å². The zero-order chi connectivity index (χ0) is 21.7. The van der Waals surface area contributed by atoms with Gasteiger partial charge in [-0.05, 0) is 30.3 Å². The second-order valence-electron chi connectivity index (χ2n) is 6.03. The van der Waals surface area contributed by atoms with Crippen LogP contribution in [0.15, 0.2) is 52.3 Å². The summed E-state index contributed by atoms with van der Waals surface area (Å²) < 4.78 is 25.5. The Morgan fingerprint density at radius 2 is 1.83 bits per heavy atom. The molecule has 1 aromatic carbocycles. The molecule has 158 valence electrons. The van der Waals surface area contributed by atoms with Gasteiger partial charge in [-0.15, -0.1) is 0 Å². The Hall–Kier alpha value is -3.79. The SMILES string of the molecule is COC(=O)C1=C(C(=O)OC)N(c2ccc(OC)c(NC(=O)c3ccco3)c2)COC1. The zero-order valence-electron chi connectivity index (χ0n) is 16.6. The number of furan rings is 1. The maximum atomic E-state index is 12.4. The number of hydrogen-bond acceptors (Lipinski definition) is 9. The lowest BCUT2D eigenvalue weighted by atomic mass is 10.1. The number of hydrogen-bond donors (Lipinski definition) is 1. The van der Waals surface area contributed by atoms with Crippen LogP contribution in [0.3, 0.4) is 0 Å². The summed E-state index contributed by atoms with van der Waals surface area (Å²) in [5, 5.41) is 2.70. The van der Waals surface area contributed by atoms with Crippen molar-refractivity contribution in [1.29, 1.82) is 0 Å². The van der Waals surface area contributed by atoms with Gasteiger partial charge in [0.15, 0.2) is 5.76 Å². The van der Waals surface area contributed by atoms with Crippen LogP contribution < -0.4 is 15.0 Å². The molecular weight excluding hydrogens is 396 g/mol. The van der Waals surface area contributed by atoms with Crippen LogP contribution in [-0.2, 0) is 23.8 Å². The van der Waals surface area contributed by atoms with E-state index in [0.29, 0.717) is 17.1 Å². The zero-order valence-corrected chi connectivity index (χ0v) is 16.6. The Labute approximate surface area is 171 Å². The molecule has 1 amide bonds. The van der Waals surface area contributed by atoms with Gasteiger partial charge in [0.05, 0.1) is 45.5 Å². The lowest BCUT2D eigenvalue weighted by Crippen LogP contribution is -2.38. The van der Waals surface area contributed by atoms with E-state index in [2.05, 4.69) is 5.32 Å². The molecule has 0 bridgehead atoms. The van der Waals surface area contributed by atoms with Crippen molar-refractivity contribution in [2.75, 3.05) is 44.9 Å². The molecule has 1 aliphatic heterocycles. The number of carbonyl (C=O) groups is 3. The third kappa shape index (κ3) is 4.13. The summed E-state index contributed by atoms with van der Waals surface area (Å²) >= 11 is 0. The van der Waals surface area contributed by atoms with Crippen LogP contribution in [-0.4, -0.2) is 52.5 Å². The van der Waals surface area contributed by atoms with Crippen molar-refractivity contribution < 1.29 is 37.7 Å². The van der Waals surface area contributed by atoms with Gasteiger partial charge in [0.2, 0.25) is 0 Å². The van der Waals surface area contributed by atoms with Crippen LogP contribution in [0, 0.1) is 0 Å². The van der Waals surface area contributed by atoms with Gasteiger partial charge < -0.3 is 33.6 Å². The van der Waals surface area contributed by atoms with Gasteiger partial charge in [-0.25, -0.2) is 9.59 Å². The molecule has 2 heterocycles. The molecule has 0 unspecified atom stereocenters. The number of esters is 2. The Bertz CT molecular complexity index is 981. The van der Waals surface area contributed by atoms with Crippen molar-refractivity contribution in [3.8, 4) is 5.75 Å². The molecule has 0 fully saturated rings. The van der Waals surface area contributed by atoms with E-state index < -0.39 is 17.8 Å². The van der Waals surface area contributed by atoms with E-state index in [9.17, 15) is 14.4 Å². The van der Waals surface area contributed by atoms with Crippen molar-refractivity contribution in [3.63, 3.8) is 0 Å². The van der Waals surface area contributed by atoms with Crippen molar-refractivity contribution in [2.24, 2.45) is 0 Å². The maximum absolute atomic E-state index is 12.4. The summed E-state index contributed by atoms with van der Waals surface area (Å²) in [4.78, 5) is 38.4. The second-order valence-corrected chi connectivity index (χ2v) is 6.03. The summed E-state index contributed by atoms with van der Waals surface area (Å²) in [6.07, 6.45) is 1.38. The van der Waals surface area contributed by atoms with E-state index >= 15 is 0 Å². The van der Waals surface area contributed by atoms with E-state index in [1.807, 2.05) is 0 Å². The summed E-state index contributed by atoms with van der Waals surface area (Å²) in [5.74, 6) is -1.42. The highest BCUT2D eigenvalue weighted by atomic mass is 16.5. The molecule has 0 saturated carbocycles. The second kappa shape index (κ2) is 9.14. The van der Waals surface area contributed by atoms with Gasteiger partial charge in [0.25, 0.3) is 5.91 Å². The third-order valence-corrected chi connectivity index (χ3v) is 4.32. The minimum absolute atomic E-state index is 0.0101.